The van der Waals surface area contributed by atoms with Gasteiger partial charge in [-0.15, -0.1) is 8.78 Å². The van der Waals surface area contributed by atoms with Crippen molar-refractivity contribution < 1.29 is 23.0 Å². The lowest BCUT2D eigenvalue weighted by Crippen LogP contribution is -2.26. The molecule has 0 N–H and O–H groups in total. The lowest BCUT2D eigenvalue weighted by Gasteiger charge is -2.07. The van der Waals surface area contributed by atoms with Crippen molar-refractivity contribution in [2.24, 2.45) is 0 Å². The van der Waals surface area contributed by atoms with E-state index in [2.05, 4.69) is 9.47 Å². The van der Waals surface area contributed by atoms with E-state index in [9.17, 15) is 8.78 Å². The Balaban J connectivity index is 2.43. The predicted octanol–water partition coefficient (Wildman–Crippen LogP) is 3.01. The van der Waals surface area contributed by atoms with Crippen molar-refractivity contribution in [3.05, 3.63) is 15.7 Å². The summed E-state index contributed by atoms with van der Waals surface area (Å²) in [6.45, 7) is 2.14. The van der Waals surface area contributed by atoms with Crippen LogP contribution in [0, 0.1) is 3.57 Å². The fourth-order valence-corrected chi connectivity index (χ4v) is 1.82. The van der Waals surface area contributed by atoms with E-state index in [1.165, 1.54) is 6.07 Å². The molecule has 0 aliphatic carbocycles. The third kappa shape index (κ3) is 2.09. The zero-order valence-corrected chi connectivity index (χ0v) is 9.88. The lowest BCUT2D eigenvalue weighted by atomic mass is 10.3. The van der Waals surface area contributed by atoms with Gasteiger partial charge in [0.1, 0.15) is 0 Å². The summed E-state index contributed by atoms with van der Waals surface area (Å²) >= 11 is 1.99. The Kier molecular flexibility index (Phi) is 2.61. The molecule has 0 radical (unpaired) electrons. The van der Waals surface area contributed by atoms with Gasteiger partial charge in [0.2, 0.25) is 5.75 Å². The first-order valence-corrected chi connectivity index (χ1v) is 5.32. The van der Waals surface area contributed by atoms with Crippen LogP contribution in [-0.2, 0) is 0 Å². The van der Waals surface area contributed by atoms with E-state index >= 15 is 0 Å². The molecule has 1 aliphatic rings. The first-order valence-electron chi connectivity index (χ1n) is 4.24. The maximum atomic E-state index is 12.8. The highest BCUT2D eigenvalue weighted by Gasteiger charge is 2.45. The van der Waals surface area contributed by atoms with Gasteiger partial charge in [-0.05, 0) is 41.6 Å². The number of ether oxygens (including phenoxy) is 3. The molecule has 0 amide bonds. The van der Waals surface area contributed by atoms with Crippen LogP contribution in [0.4, 0.5) is 8.78 Å². The van der Waals surface area contributed by atoms with Crippen LogP contribution in [0.25, 0.3) is 0 Å². The topological polar surface area (TPSA) is 27.7 Å². The molecule has 6 heteroatoms. The fraction of sp³-hybridized carbons (Fsp3) is 0.333. The smallest absolute Gasteiger partial charge is 0.490 e. The van der Waals surface area contributed by atoms with Crippen molar-refractivity contribution >= 4 is 22.6 Å². The van der Waals surface area contributed by atoms with Crippen molar-refractivity contribution in [2.45, 2.75) is 13.2 Å². The molecule has 1 heterocycles. The Hall–Kier alpha value is -0.790. The molecule has 82 valence electrons. The molecule has 0 bridgehead atoms. The number of halogens is 3. The van der Waals surface area contributed by atoms with Gasteiger partial charge in [0.05, 0.1) is 6.61 Å². The molecule has 0 spiro atoms. The van der Waals surface area contributed by atoms with E-state index in [0.717, 1.165) is 3.57 Å². The average molecular weight is 328 g/mol. The fourth-order valence-electron chi connectivity index (χ4n) is 1.25. The maximum Gasteiger partial charge on any atom is 0.586 e. The Morgan fingerprint density at radius 3 is 2.80 bits per heavy atom. The summed E-state index contributed by atoms with van der Waals surface area (Å²) in [7, 11) is 0. The van der Waals surface area contributed by atoms with Crippen LogP contribution in [-0.4, -0.2) is 12.9 Å². The van der Waals surface area contributed by atoms with E-state index in [4.69, 9.17) is 4.74 Å². The quantitative estimate of drug-likeness (QED) is 0.781. The van der Waals surface area contributed by atoms with Crippen molar-refractivity contribution in [3.8, 4) is 17.2 Å². The molecule has 0 saturated heterocycles. The van der Waals surface area contributed by atoms with Gasteiger partial charge in [-0.1, -0.05) is 0 Å². The summed E-state index contributed by atoms with van der Waals surface area (Å²) in [4.78, 5) is 0. The lowest BCUT2D eigenvalue weighted by molar-refractivity contribution is -0.287. The summed E-state index contributed by atoms with van der Waals surface area (Å²) in [6.07, 6.45) is -3.60. The predicted molar refractivity (Wildman–Crippen MR) is 56.5 cm³/mol. The third-order valence-electron chi connectivity index (χ3n) is 1.74. The highest BCUT2D eigenvalue weighted by Crippen LogP contribution is 2.47. The standard InChI is InChI=1S/C9H7F2IO3/c1-2-13-6-3-5(12)4-7-8(6)15-9(10,11)14-7/h3-4H,2H2,1H3. The highest BCUT2D eigenvalue weighted by atomic mass is 127. The van der Waals surface area contributed by atoms with Gasteiger partial charge in [-0.25, -0.2) is 0 Å². The summed E-state index contributed by atoms with van der Waals surface area (Å²) in [6, 6.07) is 3.09. The summed E-state index contributed by atoms with van der Waals surface area (Å²) in [5.41, 5.74) is 0. The van der Waals surface area contributed by atoms with Crippen molar-refractivity contribution in [3.63, 3.8) is 0 Å². The molecule has 1 aromatic carbocycles. The van der Waals surface area contributed by atoms with Crippen LogP contribution in [0.3, 0.4) is 0 Å². The molecule has 1 aliphatic heterocycles. The minimum Gasteiger partial charge on any atom is -0.490 e. The SMILES string of the molecule is CCOc1cc(I)cc2c1OC(F)(F)O2. The normalized spacial score (nSPS) is 16.5. The van der Waals surface area contributed by atoms with Gasteiger partial charge >= 0.3 is 6.29 Å². The van der Waals surface area contributed by atoms with E-state index in [1.54, 1.807) is 13.0 Å². The molecule has 0 unspecified atom stereocenters. The van der Waals surface area contributed by atoms with Gasteiger partial charge in [-0.2, -0.15) is 0 Å². The number of fused-ring (bicyclic) bond motifs is 1. The molecule has 2 rings (SSSR count). The number of hydrogen-bond donors (Lipinski definition) is 0. The first kappa shape index (κ1) is 10.7. The second-order valence-electron chi connectivity index (χ2n) is 2.83. The van der Waals surface area contributed by atoms with Gasteiger partial charge in [-0.3, -0.25) is 0 Å². The second kappa shape index (κ2) is 3.66. The number of alkyl halides is 2. The third-order valence-corrected chi connectivity index (χ3v) is 2.36. The van der Waals surface area contributed by atoms with Gasteiger partial charge in [0.15, 0.2) is 11.5 Å². The van der Waals surface area contributed by atoms with E-state index < -0.39 is 6.29 Å². The number of benzene rings is 1. The van der Waals surface area contributed by atoms with E-state index in [-0.39, 0.29) is 17.2 Å². The van der Waals surface area contributed by atoms with Gasteiger partial charge in [0, 0.05) is 3.57 Å². The molecular formula is C9H7F2IO3. The number of rotatable bonds is 2. The Morgan fingerprint density at radius 2 is 2.13 bits per heavy atom. The van der Waals surface area contributed by atoms with Crippen LogP contribution in [0.5, 0.6) is 17.2 Å². The Morgan fingerprint density at radius 1 is 1.40 bits per heavy atom. The molecular weight excluding hydrogens is 321 g/mol. The molecule has 0 aromatic heterocycles. The van der Waals surface area contributed by atoms with Crippen LogP contribution in [0.2, 0.25) is 0 Å². The van der Waals surface area contributed by atoms with E-state index in [1.807, 2.05) is 22.6 Å². The number of hydrogen-bond acceptors (Lipinski definition) is 3. The Bertz CT molecular complexity index is 395. The molecule has 15 heavy (non-hydrogen) atoms. The Labute approximate surface area is 98.5 Å². The average Bonchev–Trinajstić information content (AvgIpc) is 2.40. The van der Waals surface area contributed by atoms with Gasteiger partial charge in [0.25, 0.3) is 0 Å². The largest absolute Gasteiger partial charge is 0.586 e. The molecule has 0 fully saturated rings. The first-order chi connectivity index (χ1) is 7.02. The molecule has 0 atom stereocenters. The molecule has 0 saturated carbocycles. The van der Waals surface area contributed by atoms with Crippen LogP contribution in [0.15, 0.2) is 12.1 Å². The zero-order valence-electron chi connectivity index (χ0n) is 7.72. The minimum absolute atomic E-state index is 0.00958. The van der Waals surface area contributed by atoms with Crippen LogP contribution in [0.1, 0.15) is 6.92 Å². The zero-order chi connectivity index (χ0) is 11.1. The monoisotopic (exact) mass is 328 g/mol. The van der Waals surface area contributed by atoms with Gasteiger partial charge < -0.3 is 14.2 Å². The van der Waals surface area contributed by atoms with E-state index in [0.29, 0.717) is 6.61 Å². The van der Waals surface area contributed by atoms with Crippen molar-refractivity contribution in [2.75, 3.05) is 6.61 Å². The summed E-state index contributed by atoms with van der Waals surface area (Å²) in [5, 5.41) is 0. The highest BCUT2D eigenvalue weighted by molar-refractivity contribution is 14.1. The second-order valence-corrected chi connectivity index (χ2v) is 4.08. The van der Waals surface area contributed by atoms with Crippen molar-refractivity contribution in [1.82, 2.24) is 0 Å². The van der Waals surface area contributed by atoms with Crippen molar-refractivity contribution in [1.29, 1.82) is 0 Å². The van der Waals surface area contributed by atoms with Crippen LogP contribution < -0.4 is 14.2 Å². The summed E-state index contributed by atoms with van der Waals surface area (Å²) < 4.78 is 40.2. The summed E-state index contributed by atoms with van der Waals surface area (Å²) in [5.74, 6) is 0.245. The molecule has 1 aromatic rings. The minimum atomic E-state index is -3.60. The maximum absolute atomic E-state index is 12.8. The van der Waals surface area contributed by atoms with Crippen LogP contribution >= 0.6 is 22.6 Å². The molecule has 3 nitrogen and oxygen atoms in total.